The van der Waals surface area contributed by atoms with Gasteiger partial charge in [-0.1, -0.05) is 23.8 Å². The van der Waals surface area contributed by atoms with Gasteiger partial charge in [0.2, 0.25) is 11.8 Å². The van der Waals surface area contributed by atoms with Gasteiger partial charge in [0.05, 0.1) is 23.8 Å². The van der Waals surface area contributed by atoms with E-state index in [1.807, 2.05) is 6.08 Å². The number of anilines is 1. The minimum absolute atomic E-state index is 0.0791. The third-order valence-corrected chi connectivity index (χ3v) is 9.14. The topological polar surface area (TPSA) is 141 Å². The highest BCUT2D eigenvalue weighted by Crippen LogP contribution is 2.55. The van der Waals surface area contributed by atoms with Gasteiger partial charge in [0.15, 0.2) is 11.6 Å². The van der Waals surface area contributed by atoms with E-state index in [4.69, 9.17) is 4.74 Å². The van der Waals surface area contributed by atoms with Crippen molar-refractivity contribution in [2.24, 2.45) is 23.7 Å². The molecule has 42 heavy (non-hydrogen) atoms. The number of nitrogens with zero attached hydrogens (tertiary/aromatic N) is 1. The highest BCUT2D eigenvalue weighted by molar-refractivity contribution is 6.58. The van der Waals surface area contributed by atoms with Crippen LogP contribution in [-0.2, 0) is 25.6 Å². The first-order valence-corrected chi connectivity index (χ1v) is 13.9. The van der Waals surface area contributed by atoms with E-state index in [9.17, 15) is 34.3 Å². The van der Waals surface area contributed by atoms with Crippen LogP contribution in [0.1, 0.15) is 25.3 Å². The van der Waals surface area contributed by atoms with Crippen LogP contribution in [0.25, 0.3) is 0 Å². The molecule has 2 amide bonds. The zero-order valence-electron chi connectivity index (χ0n) is 22.6. The van der Waals surface area contributed by atoms with Crippen LogP contribution in [0.2, 0.25) is 0 Å². The Morgan fingerprint density at radius 2 is 1.81 bits per heavy atom. The first-order chi connectivity index (χ1) is 20.1. The largest absolute Gasteiger partial charge is 0.508 e. The molecule has 2 heterocycles. The number of carbonyl (C=O) groups is 4. The molecule has 0 spiro atoms. The Morgan fingerprint density at radius 1 is 1.00 bits per heavy atom. The summed E-state index contributed by atoms with van der Waals surface area (Å²) in [6.45, 7) is 1.62. The second kappa shape index (κ2) is 9.50. The molecule has 9 nitrogen and oxygen atoms in total. The van der Waals surface area contributed by atoms with Gasteiger partial charge in [-0.05, 0) is 73.1 Å². The number of allylic oxidation sites excluding steroid dienone is 7. The number of ketones is 2. The second-order valence-electron chi connectivity index (χ2n) is 11.5. The fourth-order valence-electron chi connectivity index (χ4n) is 7.25. The Balaban J connectivity index is 1.32. The Bertz CT molecular complexity index is 1750. The maximum absolute atomic E-state index is 14.0. The highest BCUT2D eigenvalue weighted by Gasteiger charge is 2.57. The first-order valence-electron chi connectivity index (χ1n) is 13.9. The van der Waals surface area contributed by atoms with Crippen LogP contribution in [0.5, 0.6) is 11.5 Å². The fraction of sp³-hybridized carbons (Fsp3) is 0.250. The summed E-state index contributed by atoms with van der Waals surface area (Å²) in [6.07, 6.45) is 5.67. The molecule has 2 aliphatic heterocycles. The summed E-state index contributed by atoms with van der Waals surface area (Å²) in [6, 6.07) is 10.8. The third kappa shape index (κ3) is 3.86. The van der Waals surface area contributed by atoms with Crippen molar-refractivity contribution in [2.45, 2.75) is 26.2 Å². The number of aromatic hydroxyl groups is 1. The maximum atomic E-state index is 14.0. The van der Waals surface area contributed by atoms with E-state index in [0.717, 1.165) is 21.6 Å². The Morgan fingerprint density at radius 3 is 2.60 bits per heavy atom. The van der Waals surface area contributed by atoms with Crippen molar-refractivity contribution in [3.05, 3.63) is 94.3 Å². The summed E-state index contributed by atoms with van der Waals surface area (Å²) >= 11 is 0. The molecular weight excluding hydrogens is 537 g/mol. The predicted molar refractivity (Wildman–Crippen MR) is 151 cm³/mol. The van der Waals surface area contributed by atoms with Gasteiger partial charge in [0.25, 0.3) is 0 Å². The molecule has 0 aromatic heterocycles. The van der Waals surface area contributed by atoms with Gasteiger partial charge in [-0.15, -0.1) is 0 Å². The SMILES string of the molecule is CC1=CC(=O)C2=C(C1=O)C(C1=COc3ccc(O)cc3C1)C1=CCC3C(=O)N(c4cccc(B(O)O)c4)C(=O)C3C1C2. The van der Waals surface area contributed by atoms with E-state index in [2.05, 4.69) is 0 Å². The van der Waals surface area contributed by atoms with Gasteiger partial charge in [-0.2, -0.15) is 0 Å². The molecule has 1 fully saturated rings. The van der Waals surface area contributed by atoms with Crippen molar-refractivity contribution >= 4 is 41.6 Å². The lowest BCUT2D eigenvalue weighted by Gasteiger charge is -2.43. The van der Waals surface area contributed by atoms with E-state index in [0.29, 0.717) is 28.9 Å². The number of carbonyl (C=O) groups excluding carboxylic acids is 4. The van der Waals surface area contributed by atoms with Gasteiger partial charge in [-0.25, -0.2) is 0 Å². The molecule has 2 aromatic rings. The monoisotopic (exact) mass is 563 g/mol. The van der Waals surface area contributed by atoms with Crippen LogP contribution >= 0.6 is 0 Å². The molecule has 4 atom stereocenters. The third-order valence-electron chi connectivity index (χ3n) is 9.14. The van der Waals surface area contributed by atoms with Crippen molar-refractivity contribution < 1.29 is 39.1 Å². The standard InChI is InChI=1S/C32H26BNO8/c1-15-9-25(36)24-13-23-21(27(29(24)30(15)37)17-10-16-11-20(35)5-8-26(16)42-14-17)6-7-22-28(23)32(39)34(31(22)38)19-4-2-3-18(12-19)33(40)41/h2-6,8-9,11-12,14,22-23,27-28,35,40-41H,7,10,13H2,1H3. The molecule has 5 aliphatic rings. The van der Waals surface area contributed by atoms with Crippen molar-refractivity contribution in [3.8, 4) is 11.5 Å². The van der Waals surface area contributed by atoms with E-state index in [1.54, 1.807) is 37.5 Å². The van der Waals surface area contributed by atoms with Crippen molar-refractivity contribution in [1.29, 1.82) is 0 Å². The van der Waals surface area contributed by atoms with Crippen LogP contribution in [0.15, 0.2) is 88.7 Å². The molecule has 0 radical (unpaired) electrons. The lowest BCUT2D eigenvalue weighted by molar-refractivity contribution is -0.123. The molecular formula is C32H26BNO8. The number of hydrogen-bond donors (Lipinski definition) is 3. The summed E-state index contributed by atoms with van der Waals surface area (Å²) in [5.41, 5.74) is 3.76. The molecule has 0 bridgehead atoms. The van der Waals surface area contributed by atoms with Crippen LogP contribution < -0.4 is 15.1 Å². The summed E-state index contributed by atoms with van der Waals surface area (Å²) in [5, 5.41) is 29.4. The molecule has 3 N–H and O–H groups in total. The number of hydrogen-bond acceptors (Lipinski definition) is 8. The smallest absolute Gasteiger partial charge is 0.488 e. The van der Waals surface area contributed by atoms with Crippen LogP contribution in [-0.4, -0.2) is 45.7 Å². The van der Waals surface area contributed by atoms with E-state index in [1.165, 1.54) is 24.3 Å². The van der Waals surface area contributed by atoms with Gasteiger partial charge < -0.3 is 19.9 Å². The van der Waals surface area contributed by atoms with E-state index >= 15 is 0 Å². The second-order valence-corrected chi connectivity index (χ2v) is 11.5. The van der Waals surface area contributed by atoms with Gasteiger partial charge >= 0.3 is 7.12 Å². The number of rotatable bonds is 3. The number of phenolic OH excluding ortho intramolecular Hbond substituents is 1. The van der Waals surface area contributed by atoms with Crippen LogP contribution in [0.3, 0.4) is 0 Å². The van der Waals surface area contributed by atoms with Crippen LogP contribution in [0, 0.1) is 23.7 Å². The number of amides is 2. The molecule has 7 rings (SSSR count). The molecule has 210 valence electrons. The summed E-state index contributed by atoms with van der Waals surface area (Å²) in [4.78, 5) is 55.8. The summed E-state index contributed by atoms with van der Waals surface area (Å²) < 4.78 is 5.92. The lowest BCUT2D eigenvalue weighted by atomic mass is 9.58. The number of ether oxygens (including phenoxy) is 1. The van der Waals surface area contributed by atoms with E-state index in [-0.39, 0.29) is 47.2 Å². The Hall–Kier alpha value is -4.54. The van der Waals surface area contributed by atoms with Gasteiger partial charge in [0.1, 0.15) is 11.5 Å². The van der Waals surface area contributed by atoms with Crippen molar-refractivity contribution in [3.63, 3.8) is 0 Å². The molecule has 0 saturated carbocycles. The molecule has 10 heteroatoms. The molecule has 4 unspecified atom stereocenters. The number of fused-ring (bicyclic) bond motifs is 4. The van der Waals surface area contributed by atoms with Crippen molar-refractivity contribution in [1.82, 2.24) is 0 Å². The Kier molecular flexibility index (Phi) is 5.97. The predicted octanol–water partition coefficient (Wildman–Crippen LogP) is 2.06. The van der Waals surface area contributed by atoms with E-state index < -0.39 is 36.7 Å². The van der Waals surface area contributed by atoms with Gasteiger partial charge in [-0.3, -0.25) is 24.1 Å². The average molecular weight is 563 g/mol. The number of phenols is 1. The number of benzene rings is 2. The van der Waals surface area contributed by atoms with Crippen LogP contribution in [0.4, 0.5) is 5.69 Å². The lowest BCUT2D eigenvalue weighted by Crippen LogP contribution is -2.41. The highest BCUT2D eigenvalue weighted by atomic mass is 16.5. The Labute approximate surface area is 241 Å². The molecule has 3 aliphatic carbocycles. The zero-order chi connectivity index (χ0) is 29.4. The normalized spacial score (nSPS) is 26.5. The fourth-order valence-corrected chi connectivity index (χ4v) is 7.25. The molecule has 2 aromatic carbocycles. The maximum Gasteiger partial charge on any atom is 0.488 e. The number of imide groups is 1. The summed E-state index contributed by atoms with van der Waals surface area (Å²) in [7, 11) is -1.76. The minimum Gasteiger partial charge on any atom is -0.508 e. The quantitative estimate of drug-likeness (QED) is 0.223. The zero-order valence-corrected chi connectivity index (χ0v) is 22.6. The molecule has 1 saturated heterocycles. The minimum atomic E-state index is -1.76. The van der Waals surface area contributed by atoms with Gasteiger partial charge in [0, 0.05) is 34.6 Å². The number of Topliss-reactive ketones (excluding diaryl/α,β-unsaturated/α-hetero) is 1. The summed E-state index contributed by atoms with van der Waals surface area (Å²) in [5.74, 6) is -3.18. The van der Waals surface area contributed by atoms with Crippen molar-refractivity contribution in [2.75, 3.05) is 4.90 Å². The average Bonchev–Trinajstić information content (AvgIpc) is 3.24. The first kappa shape index (κ1) is 26.4.